The van der Waals surface area contributed by atoms with Crippen molar-refractivity contribution in [2.24, 2.45) is 0 Å². The van der Waals surface area contributed by atoms with Gasteiger partial charge in [-0.2, -0.15) is 0 Å². The van der Waals surface area contributed by atoms with Gasteiger partial charge in [0, 0.05) is 51.7 Å². The zero-order valence-electron chi connectivity index (χ0n) is 11.1. The molecule has 0 saturated carbocycles. The Balaban J connectivity index is 1.73. The van der Waals surface area contributed by atoms with Crippen molar-refractivity contribution in [2.45, 2.75) is 25.3 Å². The predicted octanol–water partition coefficient (Wildman–Crippen LogP) is 1.81. The summed E-state index contributed by atoms with van der Waals surface area (Å²) >= 11 is 4.37. The first-order chi connectivity index (χ1) is 8.62. The van der Waals surface area contributed by atoms with Gasteiger partial charge < -0.3 is 4.57 Å². The van der Waals surface area contributed by atoms with E-state index in [-0.39, 0.29) is 4.87 Å². The van der Waals surface area contributed by atoms with Crippen LogP contribution in [0.5, 0.6) is 0 Å². The maximum absolute atomic E-state index is 4.37. The second-order valence-electron chi connectivity index (χ2n) is 5.17. The fourth-order valence-corrected chi connectivity index (χ4v) is 2.89. The molecule has 1 aromatic rings. The van der Waals surface area contributed by atoms with E-state index in [1.54, 1.807) is 10.8 Å². The van der Waals surface area contributed by atoms with Crippen molar-refractivity contribution >= 4 is 22.5 Å². The van der Waals surface area contributed by atoms with Crippen LogP contribution in [-0.2, 0) is 6.54 Å². The summed E-state index contributed by atoms with van der Waals surface area (Å²) in [6, 6.07) is 0. The lowest BCUT2D eigenvalue weighted by atomic mass is 10.2. The average Bonchev–Trinajstić information content (AvgIpc) is 2.90. The Morgan fingerprint density at radius 3 is 2.50 bits per heavy atom. The van der Waals surface area contributed by atoms with Crippen molar-refractivity contribution in [1.82, 2.24) is 19.4 Å². The van der Waals surface area contributed by atoms with E-state index in [4.69, 9.17) is 0 Å². The minimum atomic E-state index is 0.138. The van der Waals surface area contributed by atoms with Crippen molar-refractivity contribution < 1.29 is 0 Å². The molecule has 0 atom stereocenters. The highest BCUT2D eigenvalue weighted by Crippen LogP contribution is 2.31. The van der Waals surface area contributed by atoms with Crippen molar-refractivity contribution in [3.63, 3.8) is 0 Å². The summed E-state index contributed by atoms with van der Waals surface area (Å²) in [6.07, 6.45) is 5.75. The average molecular weight is 286 g/mol. The number of thiol groups is 1. The summed E-state index contributed by atoms with van der Waals surface area (Å²) < 4.78 is 2.14. The Labute approximate surface area is 119 Å². The van der Waals surface area contributed by atoms with Crippen LogP contribution in [0.1, 0.15) is 13.8 Å². The zero-order valence-corrected chi connectivity index (χ0v) is 12.8. The first kappa shape index (κ1) is 14.2. The second kappa shape index (κ2) is 6.32. The Bertz CT molecular complexity index is 345. The minimum Gasteiger partial charge on any atom is -0.336 e. The fraction of sp³-hybridized carbons (Fsp3) is 0.750. The quantitative estimate of drug-likeness (QED) is 0.659. The summed E-state index contributed by atoms with van der Waals surface area (Å²) in [6.45, 7) is 11.2. The monoisotopic (exact) mass is 286 g/mol. The maximum atomic E-state index is 4.37. The van der Waals surface area contributed by atoms with Gasteiger partial charge in [0.05, 0.1) is 11.2 Å². The molecule has 1 aliphatic heterocycles. The molecule has 4 nitrogen and oxygen atoms in total. The van der Waals surface area contributed by atoms with Crippen LogP contribution in [0.25, 0.3) is 0 Å². The van der Waals surface area contributed by atoms with Gasteiger partial charge in [0.15, 0.2) is 0 Å². The van der Waals surface area contributed by atoms with E-state index in [0.29, 0.717) is 0 Å². The van der Waals surface area contributed by atoms with E-state index in [1.807, 2.05) is 18.7 Å². The zero-order chi connectivity index (χ0) is 13.0. The highest BCUT2D eigenvalue weighted by atomic mass is 33.1. The lowest BCUT2D eigenvalue weighted by molar-refractivity contribution is 0.0937. The molecular formula is C12H22N4S2. The smallest absolute Gasteiger partial charge is 0.0946 e. The third-order valence-corrected chi connectivity index (χ3v) is 5.64. The SMILES string of the molecule is CC(C)(SS)N1CCN(CCn2ccnc2)CC1. The molecule has 2 heterocycles. The third-order valence-electron chi connectivity index (χ3n) is 3.59. The minimum absolute atomic E-state index is 0.138. The molecule has 1 saturated heterocycles. The normalized spacial score (nSPS) is 19.3. The molecule has 0 N–H and O–H groups in total. The molecule has 2 rings (SSSR count). The molecule has 18 heavy (non-hydrogen) atoms. The number of rotatable bonds is 5. The van der Waals surface area contributed by atoms with Crippen LogP contribution < -0.4 is 0 Å². The Kier molecular flexibility index (Phi) is 5.00. The lowest BCUT2D eigenvalue weighted by Gasteiger charge is -2.42. The topological polar surface area (TPSA) is 24.3 Å². The van der Waals surface area contributed by atoms with E-state index < -0.39 is 0 Å². The molecule has 6 heteroatoms. The molecule has 102 valence electrons. The predicted molar refractivity (Wildman–Crippen MR) is 80.9 cm³/mol. The summed E-state index contributed by atoms with van der Waals surface area (Å²) in [5, 5.41) is 0. The number of piperazine rings is 1. The van der Waals surface area contributed by atoms with Gasteiger partial charge in [-0.25, -0.2) is 4.98 Å². The molecule has 0 spiro atoms. The fourth-order valence-electron chi connectivity index (χ4n) is 2.24. The number of hydrogen-bond donors (Lipinski definition) is 1. The molecular weight excluding hydrogens is 264 g/mol. The van der Waals surface area contributed by atoms with Crippen LogP contribution in [0.15, 0.2) is 18.7 Å². The van der Waals surface area contributed by atoms with Crippen LogP contribution in [-0.4, -0.2) is 56.9 Å². The molecule has 0 bridgehead atoms. The maximum Gasteiger partial charge on any atom is 0.0946 e. The molecule has 0 aliphatic carbocycles. The van der Waals surface area contributed by atoms with Crippen molar-refractivity contribution in [3.05, 3.63) is 18.7 Å². The molecule has 0 aromatic carbocycles. The highest BCUT2D eigenvalue weighted by Gasteiger charge is 2.29. The first-order valence-corrected chi connectivity index (χ1v) is 8.24. The lowest BCUT2D eigenvalue weighted by Crippen LogP contribution is -2.53. The highest BCUT2D eigenvalue weighted by molar-refractivity contribution is 8.69. The Morgan fingerprint density at radius 2 is 1.94 bits per heavy atom. The number of imidazole rings is 1. The summed E-state index contributed by atoms with van der Waals surface area (Å²) in [4.78, 5) is 9.24. The second-order valence-corrected chi connectivity index (χ2v) is 6.90. The molecule has 0 radical (unpaired) electrons. The molecule has 1 fully saturated rings. The first-order valence-electron chi connectivity index (χ1n) is 6.37. The van der Waals surface area contributed by atoms with Gasteiger partial charge in [0.1, 0.15) is 0 Å². The standard InChI is InChI=1S/C12H22N4S2/c1-12(2,18-17)16-9-7-14(8-10-16)5-6-15-4-3-13-11-15/h3-4,11,17H,5-10H2,1-2H3. The summed E-state index contributed by atoms with van der Waals surface area (Å²) in [7, 11) is 1.64. The van der Waals surface area contributed by atoms with E-state index in [1.165, 1.54) is 0 Å². The van der Waals surface area contributed by atoms with Crippen molar-refractivity contribution in [1.29, 1.82) is 0 Å². The van der Waals surface area contributed by atoms with Gasteiger partial charge in [0.25, 0.3) is 0 Å². The van der Waals surface area contributed by atoms with Crippen LogP contribution in [0.2, 0.25) is 0 Å². The summed E-state index contributed by atoms with van der Waals surface area (Å²) in [5.41, 5.74) is 0. The Morgan fingerprint density at radius 1 is 1.22 bits per heavy atom. The van der Waals surface area contributed by atoms with Crippen molar-refractivity contribution in [3.8, 4) is 0 Å². The van der Waals surface area contributed by atoms with Gasteiger partial charge >= 0.3 is 0 Å². The Hall–Kier alpha value is -0.170. The third kappa shape index (κ3) is 3.66. The van der Waals surface area contributed by atoms with Crippen LogP contribution in [0, 0.1) is 0 Å². The van der Waals surface area contributed by atoms with Gasteiger partial charge in [-0.05, 0) is 13.8 Å². The molecule has 0 amide bonds. The summed E-state index contributed by atoms with van der Waals surface area (Å²) in [5.74, 6) is 0. The molecule has 1 aromatic heterocycles. The van der Waals surface area contributed by atoms with Crippen LogP contribution in [0.3, 0.4) is 0 Å². The number of hydrogen-bond acceptors (Lipinski definition) is 5. The molecule has 1 aliphatic rings. The van der Waals surface area contributed by atoms with Crippen molar-refractivity contribution in [2.75, 3.05) is 32.7 Å². The van der Waals surface area contributed by atoms with E-state index in [2.05, 4.69) is 44.9 Å². The van der Waals surface area contributed by atoms with E-state index in [0.717, 1.165) is 39.3 Å². The number of aromatic nitrogens is 2. The van der Waals surface area contributed by atoms with Gasteiger partial charge in [-0.1, -0.05) is 10.8 Å². The van der Waals surface area contributed by atoms with Crippen LogP contribution >= 0.6 is 22.5 Å². The van der Waals surface area contributed by atoms with E-state index in [9.17, 15) is 0 Å². The van der Waals surface area contributed by atoms with E-state index >= 15 is 0 Å². The largest absolute Gasteiger partial charge is 0.336 e. The van der Waals surface area contributed by atoms with Crippen LogP contribution in [0.4, 0.5) is 0 Å². The van der Waals surface area contributed by atoms with Gasteiger partial charge in [-0.3, -0.25) is 9.80 Å². The van der Waals surface area contributed by atoms with Gasteiger partial charge in [-0.15, -0.1) is 11.7 Å². The van der Waals surface area contributed by atoms with Gasteiger partial charge in [0.2, 0.25) is 0 Å². The molecule has 0 unspecified atom stereocenters. The number of nitrogens with zero attached hydrogens (tertiary/aromatic N) is 4.